The Balaban J connectivity index is 3.93. The van der Waals surface area contributed by atoms with Crippen molar-refractivity contribution in [3.63, 3.8) is 0 Å². The number of allylic oxidation sites excluding steroid dienone is 2. The van der Waals surface area contributed by atoms with E-state index in [1.807, 2.05) is 0 Å². The summed E-state index contributed by atoms with van der Waals surface area (Å²) < 4.78 is 45.8. The number of hydrogen-bond donors (Lipinski definition) is 0. The summed E-state index contributed by atoms with van der Waals surface area (Å²) in [5, 5.41) is 0. The van der Waals surface area contributed by atoms with Crippen LogP contribution in [-0.4, -0.2) is 6.18 Å². The molecule has 4 heteroatoms. The highest BCUT2D eigenvalue weighted by atomic mass is 19.4. The largest absolute Gasteiger partial charge is 0.442 e. The van der Waals surface area contributed by atoms with Crippen LogP contribution in [0.4, 0.5) is 17.6 Å². The predicted octanol–water partition coefficient (Wildman–Crippen LogP) is 3.20. The van der Waals surface area contributed by atoms with Crippen molar-refractivity contribution in [2.24, 2.45) is 0 Å². The second kappa shape index (κ2) is 3.58. The summed E-state index contributed by atoms with van der Waals surface area (Å²) in [7, 11) is 0. The fourth-order valence-corrected chi connectivity index (χ4v) is 0.387. The van der Waals surface area contributed by atoms with Gasteiger partial charge in [0.25, 0.3) is 0 Å². The lowest BCUT2D eigenvalue weighted by Crippen LogP contribution is -2.07. The fourth-order valence-electron chi connectivity index (χ4n) is 0.387. The Kier molecular flexibility index (Phi) is 3.39. The van der Waals surface area contributed by atoms with Gasteiger partial charge in [0.15, 0.2) is 5.83 Å². The van der Waals surface area contributed by atoms with Crippen molar-refractivity contribution in [1.29, 1.82) is 0 Å². The Hall–Kier alpha value is -0.540. The van der Waals surface area contributed by atoms with Crippen LogP contribution >= 0.6 is 0 Å². The van der Waals surface area contributed by atoms with E-state index in [4.69, 9.17) is 0 Å². The van der Waals surface area contributed by atoms with Gasteiger partial charge in [0.2, 0.25) is 0 Å². The smallest absolute Gasteiger partial charge is 0.202 e. The molecule has 10 heavy (non-hydrogen) atoms. The van der Waals surface area contributed by atoms with E-state index in [9.17, 15) is 17.6 Å². The standard InChI is InChI=1S/C6H8F4/c1-2-3-4-5(7)6(8,9)10/h4H,2-3H2,1H3. The molecule has 0 aromatic rings. The molecule has 0 heterocycles. The molecule has 0 aliphatic carbocycles. The molecule has 0 aliphatic rings. The van der Waals surface area contributed by atoms with E-state index in [0.29, 0.717) is 12.5 Å². The van der Waals surface area contributed by atoms with Crippen LogP contribution in [0.15, 0.2) is 11.9 Å². The third kappa shape index (κ3) is 3.48. The number of alkyl halides is 3. The van der Waals surface area contributed by atoms with Gasteiger partial charge in [-0.15, -0.1) is 0 Å². The van der Waals surface area contributed by atoms with Gasteiger partial charge in [0.05, 0.1) is 0 Å². The average Bonchev–Trinajstić information content (AvgIpc) is 1.80. The third-order valence-electron chi connectivity index (χ3n) is 0.883. The molecule has 0 aromatic carbocycles. The van der Waals surface area contributed by atoms with E-state index in [-0.39, 0.29) is 6.42 Å². The maximum absolute atomic E-state index is 11.8. The van der Waals surface area contributed by atoms with Crippen LogP contribution in [-0.2, 0) is 0 Å². The minimum atomic E-state index is -4.80. The normalized spacial score (nSPS) is 13.9. The van der Waals surface area contributed by atoms with E-state index in [0.717, 1.165) is 0 Å². The molecule has 0 aliphatic heterocycles. The van der Waals surface area contributed by atoms with Crippen LogP contribution in [0.2, 0.25) is 0 Å². The third-order valence-corrected chi connectivity index (χ3v) is 0.883. The van der Waals surface area contributed by atoms with Crippen molar-refractivity contribution in [1.82, 2.24) is 0 Å². The summed E-state index contributed by atoms with van der Waals surface area (Å²) in [6.07, 6.45) is -3.59. The van der Waals surface area contributed by atoms with E-state index in [1.165, 1.54) is 0 Å². The molecule has 0 atom stereocenters. The van der Waals surface area contributed by atoms with Crippen molar-refractivity contribution in [3.8, 4) is 0 Å². The van der Waals surface area contributed by atoms with E-state index in [1.54, 1.807) is 6.92 Å². The number of rotatable bonds is 2. The highest BCUT2D eigenvalue weighted by Gasteiger charge is 2.33. The lowest BCUT2D eigenvalue weighted by Gasteiger charge is -2.00. The maximum atomic E-state index is 11.8. The van der Waals surface area contributed by atoms with Crippen molar-refractivity contribution >= 4 is 0 Å². The topological polar surface area (TPSA) is 0 Å². The first-order valence-corrected chi connectivity index (χ1v) is 2.91. The quantitative estimate of drug-likeness (QED) is 0.538. The summed E-state index contributed by atoms with van der Waals surface area (Å²) in [5.41, 5.74) is 0. The van der Waals surface area contributed by atoms with Crippen LogP contribution in [0.25, 0.3) is 0 Å². The molecule has 0 radical (unpaired) electrons. The zero-order chi connectivity index (χ0) is 8.20. The molecule has 0 fully saturated rings. The van der Waals surface area contributed by atoms with Gasteiger partial charge in [-0.3, -0.25) is 0 Å². The van der Waals surface area contributed by atoms with Crippen LogP contribution in [0, 0.1) is 0 Å². The first-order chi connectivity index (χ1) is 4.48. The van der Waals surface area contributed by atoms with E-state index < -0.39 is 12.0 Å². The van der Waals surface area contributed by atoms with Gasteiger partial charge in [-0.25, -0.2) is 4.39 Å². The second-order valence-corrected chi connectivity index (χ2v) is 1.84. The summed E-state index contributed by atoms with van der Waals surface area (Å²) in [5.74, 6) is -1.99. The van der Waals surface area contributed by atoms with Gasteiger partial charge in [-0.2, -0.15) is 13.2 Å². The van der Waals surface area contributed by atoms with Crippen molar-refractivity contribution in [2.75, 3.05) is 0 Å². The molecule has 0 N–H and O–H groups in total. The van der Waals surface area contributed by atoms with E-state index >= 15 is 0 Å². The molecule has 60 valence electrons. The minimum absolute atomic E-state index is 0.130. The van der Waals surface area contributed by atoms with Crippen molar-refractivity contribution < 1.29 is 17.6 Å². The SMILES string of the molecule is CCCC=C(F)C(F)(F)F. The molecular weight excluding hydrogens is 148 g/mol. The van der Waals surface area contributed by atoms with Gasteiger partial charge in [0, 0.05) is 0 Å². The molecule has 0 bridgehead atoms. The van der Waals surface area contributed by atoms with Crippen LogP contribution in [0.5, 0.6) is 0 Å². The average molecular weight is 156 g/mol. The van der Waals surface area contributed by atoms with Gasteiger partial charge in [-0.1, -0.05) is 13.3 Å². The Bertz CT molecular complexity index is 122. The summed E-state index contributed by atoms with van der Waals surface area (Å²) in [6, 6.07) is 0. The van der Waals surface area contributed by atoms with Crippen LogP contribution in [0.3, 0.4) is 0 Å². The molecule has 0 aromatic heterocycles. The molecule has 0 saturated heterocycles. The molecule has 0 rings (SSSR count). The first kappa shape index (κ1) is 9.46. The molecule has 0 spiro atoms. The monoisotopic (exact) mass is 156 g/mol. The first-order valence-electron chi connectivity index (χ1n) is 2.91. The predicted molar refractivity (Wildman–Crippen MR) is 30.2 cm³/mol. The number of hydrogen-bond acceptors (Lipinski definition) is 0. The van der Waals surface area contributed by atoms with E-state index in [2.05, 4.69) is 0 Å². The minimum Gasteiger partial charge on any atom is -0.202 e. The second-order valence-electron chi connectivity index (χ2n) is 1.84. The van der Waals surface area contributed by atoms with Crippen molar-refractivity contribution in [3.05, 3.63) is 11.9 Å². The zero-order valence-electron chi connectivity index (χ0n) is 5.50. The van der Waals surface area contributed by atoms with Crippen LogP contribution in [0.1, 0.15) is 19.8 Å². The van der Waals surface area contributed by atoms with Crippen LogP contribution < -0.4 is 0 Å². The fraction of sp³-hybridized carbons (Fsp3) is 0.667. The Morgan fingerprint density at radius 2 is 1.90 bits per heavy atom. The Morgan fingerprint density at radius 3 is 2.20 bits per heavy atom. The molecular formula is C6H8F4. The highest BCUT2D eigenvalue weighted by Crippen LogP contribution is 2.26. The van der Waals surface area contributed by atoms with Gasteiger partial charge < -0.3 is 0 Å². The molecule has 0 nitrogen and oxygen atoms in total. The summed E-state index contributed by atoms with van der Waals surface area (Å²) in [6.45, 7) is 1.68. The molecule has 0 amide bonds. The van der Waals surface area contributed by atoms with Crippen molar-refractivity contribution in [2.45, 2.75) is 25.9 Å². The molecule has 0 unspecified atom stereocenters. The summed E-state index contributed by atoms with van der Waals surface area (Å²) >= 11 is 0. The molecule has 0 saturated carbocycles. The van der Waals surface area contributed by atoms with Gasteiger partial charge in [-0.05, 0) is 12.5 Å². The number of unbranched alkanes of at least 4 members (excludes halogenated alkanes) is 1. The lowest BCUT2D eigenvalue weighted by molar-refractivity contribution is -0.109. The Labute approximate surface area is 56.5 Å². The Morgan fingerprint density at radius 1 is 1.40 bits per heavy atom. The van der Waals surface area contributed by atoms with Gasteiger partial charge >= 0.3 is 6.18 Å². The summed E-state index contributed by atoms with van der Waals surface area (Å²) in [4.78, 5) is 0. The van der Waals surface area contributed by atoms with Gasteiger partial charge in [0.1, 0.15) is 0 Å². The zero-order valence-corrected chi connectivity index (χ0v) is 5.50. The maximum Gasteiger partial charge on any atom is 0.442 e. The number of halogens is 4. The highest BCUT2D eigenvalue weighted by molar-refractivity contribution is 4.98. The lowest BCUT2D eigenvalue weighted by atomic mass is 10.3.